The van der Waals surface area contributed by atoms with Crippen molar-refractivity contribution in [1.82, 2.24) is 0 Å². The van der Waals surface area contributed by atoms with Crippen LogP contribution in [0.4, 0.5) is 0 Å². The molecule has 0 aromatic carbocycles. The first-order valence-electron chi connectivity index (χ1n) is 21.3. The molecule has 2 saturated heterocycles. The average Bonchev–Trinajstić information content (AvgIpc) is 3.67. The SMILES string of the molecule is CCCCCCCCCCCCCCCCCC(=O)OC1COC2C(OC(=O)CCCCCCCCCCCCCCCCC)COC12. The Morgan fingerprint density at radius 3 is 0.875 bits per heavy atom. The van der Waals surface area contributed by atoms with E-state index in [4.69, 9.17) is 18.9 Å². The first kappa shape index (κ1) is 43.0. The number of hydrogen-bond donors (Lipinski definition) is 0. The van der Waals surface area contributed by atoms with Gasteiger partial charge in [0.2, 0.25) is 0 Å². The maximum absolute atomic E-state index is 12.5. The number of ether oxygens (including phenoxy) is 4. The van der Waals surface area contributed by atoms with Crippen LogP contribution in [0.25, 0.3) is 0 Å². The Kier molecular flexibility index (Phi) is 27.5. The molecule has 0 aromatic rings. The molecule has 2 aliphatic rings. The molecule has 0 N–H and O–H groups in total. The van der Waals surface area contributed by atoms with Gasteiger partial charge in [-0.1, -0.05) is 194 Å². The molecule has 0 bridgehead atoms. The average molecular weight is 679 g/mol. The zero-order chi connectivity index (χ0) is 34.3. The molecule has 0 amide bonds. The summed E-state index contributed by atoms with van der Waals surface area (Å²) >= 11 is 0. The number of unbranched alkanes of at least 4 members (excludes halogenated alkanes) is 28. The molecule has 0 saturated carbocycles. The van der Waals surface area contributed by atoms with E-state index in [0.717, 1.165) is 25.7 Å². The molecule has 2 heterocycles. The second kappa shape index (κ2) is 30.7. The van der Waals surface area contributed by atoms with Gasteiger partial charge in [-0.15, -0.1) is 0 Å². The van der Waals surface area contributed by atoms with E-state index in [1.807, 2.05) is 0 Å². The van der Waals surface area contributed by atoms with Crippen LogP contribution in [-0.2, 0) is 28.5 Å². The van der Waals surface area contributed by atoms with Gasteiger partial charge in [-0.2, -0.15) is 0 Å². The predicted octanol–water partition coefficient (Wildman–Crippen LogP) is 12.1. The summed E-state index contributed by atoms with van der Waals surface area (Å²) in [5, 5.41) is 0. The molecule has 6 heteroatoms. The highest BCUT2D eigenvalue weighted by molar-refractivity contribution is 5.70. The summed E-state index contributed by atoms with van der Waals surface area (Å²) in [7, 11) is 0. The van der Waals surface area contributed by atoms with Crippen LogP contribution in [0, 0.1) is 0 Å². The van der Waals surface area contributed by atoms with Crippen LogP contribution in [0.15, 0.2) is 0 Å². The molecule has 48 heavy (non-hydrogen) atoms. The third kappa shape index (κ3) is 21.8. The Morgan fingerprint density at radius 2 is 0.625 bits per heavy atom. The van der Waals surface area contributed by atoms with E-state index < -0.39 is 12.2 Å². The van der Waals surface area contributed by atoms with Crippen molar-refractivity contribution in [2.75, 3.05) is 13.2 Å². The summed E-state index contributed by atoms with van der Waals surface area (Å²) in [5.74, 6) is -0.340. The maximum atomic E-state index is 12.5. The predicted molar refractivity (Wildman–Crippen MR) is 198 cm³/mol. The minimum Gasteiger partial charge on any atom is -0.457 e. The van der Waals surface area contributed by atoms with E-state index >= 15 is 0 Å². The lowest BCUT2D eigenvalue weighted by atomic mass is 10.0. The van der Waals surface area contributed by atoms with Crippen LogP contribution in [0.5, 0.6) is 0 Å². The first-order valence-corrected chi connectivity index (χ1v) is 21.3. The van der Waals surface area contributed by atoms with Crippen molar-refractivity contribution in [3.05, 3.63) is 0 Å². The van der Waals surface area contributed by atoms with E-state index in [1.54, 1.807) is 0 Å². The number of rotatable bonds is 34. The maximum Gasteiger partial charge on any atom is 0.306 e. The molecule has 2 aliphatic heterocycles. The van der Waals surface area contributed by atoms with Crippen molar-refractivity contribution in [3.63, 3.8) is 0 Å². The Hall–Kier alpha value is -1.14. The summed E-state index contributed by atoms with van der Waals surface area (Å²) in [6.45, 7) is 5.18. The summed E-state index contributed by atoms with van der Waals surface area (Å²) < 4.78 is 23.2. The molecule has 6 nitrogen and oxygen atoms in total. The van der Waals surface area contributed by atoms with Gasteiger partial charge in [-0.25, -0.2) is 0 Å². The van der Waals surface area contributed by atoms with Gasteiger partial charge in [0.25, 0.3) is 0 Å². The Morgan fingerprint density at radius 1 is 0.396 bits per heavy atom. The van der Waals surface area contributed by atoms with Crippen LogP contribution >= 0.6 is 0 Å². The van der Waals surface area contributed by atoms with E-state index in [0.29, 0.717) is 26.1 Å². The minimum absolute atomic E-state index is 0.170. The summed E-state index contributed by atoms with van der Waals surface area (Å²) in [6, 6.07) is 0. The van der Waals surface area contributed by atoms with Gasteiger partial charge in [0.05, 0.1) is 13.2 Å². The monoisotopic (exact) mass is 679 g/mol. The van der Waals surface area contributed by atoms with Crippen molar-refractivity contribution in [3.8, 4) is 0 Å². The van der Waals surface area contributed by atoms with Crippen molar-refractivity contribution in [2.24, 2.45) is 0 Å². The van der Waals surface area contributed by atoms with Gasteiger partial charge in [0.15, 0.2) is 12.2 Å². The third-order valence-corrected chi connectivity index (χ3v) is 10.5. The second-order valence-electron chi connectivity index (χ2n) is 15.1. The first-order chi connectivity index (χ1) is 23.7. The van der Waals surface area contributed by atoms with E-state index in [2.05, 4.69) is 13.8 Å². The van der Waals surface area contributed by atoms with Crippen molar-refractivity contribution < 1.29 is 28.5 Å². The number of carbonyl (C=O) groups excluding carboxylic acids is 2. The van der Waals surface area contributed by atoms with E-state index in [9.17, 15) is 9.59 Å². The molecule has 2 rings (SSSR count). The molecule has 282 valence electrons. The summed E-state index contributed by atoms with van der Waals surface area (Å²) in [6.07, 6.45) is 38.6. The van der Waals surface area contributed by atoms with E-state index in [-0.39, 0.29) is 24.1 Å². The lowest BCUT2D eigenvalue weighted by Gasteiger charge is -2.17. The number of esters is 2. The number of carbonyl (C=O) groups is 2. The van der Waals surface area contributed by atoms with Crippen LogP contribution in [0.2, 0.25) is 0 Å². The topological polar surface area (TPSA) is 71.1 Å². The lowest BCUT2D eigenvalue weighted by molar-refractivity contribution is -0.155. The second-order valence-corrected chi connectivity index (χ2v) is 15.1. The largest absolute Gasteiger partial charge is 0.457 e. The molecule has 2 fully saturated rings. The Bertz CT molecular complexity index is 694. The van der Waals surface area contributed by atoms with Crippen LogP contribution in [-0.4, -0.2) is 49.6 Å². The zero-order valence-corrected chi connectivity index (χ0v) is 31.8. The Labute approximate surface area is 296 Å². The molecular formula is C42H78O6. The molecule has 0 aromatic heterocycles. The van der Waals surface area contributed by atoms with Crippen LogP contribution in [0.1, 0.15) is 219 Å². The highest BCUT2D eigenvalue weighted by Gasteiger charge is 2.51. The zero-order valence-electron chi connectivity index (χ0n) is 31.8. The molecule has 0 radical (unpaired) electrons. The quantitative estimate of drug-likeness (QED) is 0.0498. The van der Waals surface area contributed by atoms with Gasteiger partial charge in [0, 0.05) is 12.8 Å². The minimum atomic E-state index is -0.405. The molecule has 4 atom stereocenters. The third-order valence-electron chi connectivity index (χ3n) is 10.5. The summed E-state index contributed by atoms with van der Waals surface area (Å²) in [5.41, 5.74) is 0. The van der Waals surface area contributed by atoms with Gasteiger partial charge in [-0.3, -0.25) is 9.59 Å². The van der Waals surface area contributed by atoms with Crippen molar-refractivity contribution in [2.45, 2.75) is 244 Å². The smallest absolute Gasteiger partial charge is 0.306 e. The molecule has 0 aliphatic carbocycles. The van der Waals surface area contributed by atoms with Crippen LogP contribution in [0.3, 0.4) is 0 Å². The fourth-order valence-electron chi connectivity index (χ4n) is 7.37. The molecule has 4 unspecified atom stereocenters. The molecular weight excluding hydrogens is 600 g/mol. The van der Waals surface area contributed by atoms with Gasteiger partial charge < -0.3 is 18.9 Å². The Balaban J connectivity index is 1.37. The normalized spacial score (nSPS) is 20.3. The molecule has 0 spiro atoms. The fraction of sp³-hybridized carbons (Fsp3) is 0.952. The summed E-state index contributed by atoms with van der Waals surface area (Å²) in [4.78, 5) is 25.0. The standard InChI is InChI=1S/C42H78O6/c1-3-5-7-9-11-13-15-17-19-21-23-25-27-29-31-33-39(43)47-37-35-45-42-38(36-46-41(37)42)48-40(44)34-32-30-28-26-24-22-20-18-16-14-12-10-8-6-4-2/h37-38,41-42H,3-36H2,1-2H3. The van der Waals surface area contributed by atoms with Crippen molar-refractivity contribution in [1.29, 1.82) is 0 Å². The number of hydrogen-bond acceptors (Lipinski definition) is 6. The highest BCUT2D eigenvalue weighted by Crippen LogP contribution is 2.31. The van der Waals surface area contributed by atoms with Crippen molar-refractivity contribution >= 4 is 11.9 Å². The van der Waals surface area contributed by atoms with Gasteiger partial charge in [-0.05, 0) is 12.8 Å². The highest BCUT2D eigenvalue weighted by atomic mass is 16.7. The fourth-order valence-corrected chi connectivity index (χ4v) is 7.37. The number of fused-ring (bicyclic) bond motifs is 1. The van der Waals surface area contributed by atoms with Crippen LogP contribution < -0.4 is 0 Å². The van der Waals surface area contributed by atoms with Gasteiger partial charge >= 0.3 is 11.9 Å². The lowest BCUT2D eigenvalue weighted by Crippen LogP contribution is -2.35. The van der Waals surface area contributed by atoms with E-state index in [1.165, 1.54) is 167 Å². The van der Waals surface area contributed by atoms with Gasteiger partial charge in [0.1, 0.15) is 12.2 Å².